The van der Waals surface area contributed by atoms with E-state index in [0.717, 1.165) is 23.8 Å². The number of rotatable bonds is 3. The Morgan fingerprint density at radius 3 is 2.95 bits per heavy atom. The minimum absolute atomic E-state index is 0.137. The van der Waals surface area contributed by atoms with Crippen molar-refractivity contribution >= 4 is 23.4 Å². The van der Waals surface area contributed by atoms with Gasteiger partial charge < -0.3 is 9.47 Å². The van der Waals surface area contributed by atoms with Gasteiger partial charge in [0.2, 0.25) is 5.91 Å². The fraction of sp³-hybridized carbons (Fsp3) is 0.333. The number of hydrogen-bond acceptors (Lipinski definition) is 3. The van der Waals surface area contributed by atoms with E-state index in [9.17, 15) is 4.79 Å². The molecule has 1 aromatic carbocycles. The predicted octanol–water partition coefficient (Wildman–Crippen LogP) is 2.49. The van der Waals surface area contributed by atoms with Crippen LogP contribution >= 0.6 is 11.8 Å². The van der Waals surface area contributed by atoms with Crippen molar-refractivity contribution in [3.63, 3.8) is 0 Å². The normalized spacial score (nSPS) is 15.2. The van der Waals surface area contributed by atoms with Crippen molar-refractivity contribution in [2.45, 2.75) is 23.8 Å². The number of carbonyl (C=O) groups is 1. The molecule has 1 aliphatic heterocycles. The molecule has 0 saturated heterocycles. The molecule has 0 saturated carbocycles. The quantitative estimate of drug-likeness (QED) is 0.814. The van der Waals surface area contributed by atoms with Crippen LogP contribution in [0, 0.1) is 0 Å². The van der Waals surface area contributed by atoms with Gasteiger partial charge in [0.25, 0.3) is 0 Å². The minimum atomic E-state index is -0.137. The minimum Gasteiger partial charge on any atom is -0.329 e. The Hall–Kier alpha value is -1.75. The number of carbonyl (C=O) groups excluding carboxylic acids is 1. The van der Waals surface area contributed by atoms with Gasteiger partial charge in [-0.3, -0.25) is 4.79 Å². The summed E-state index contributed by atoms with van der Waals surface area (Å²) >= 11 is 1.51. The van der Waals surface area contributed by atoms with E-state index in [0.29, 0.717) is 0 Å². The molecule has 1 unspecified atom stereocenters. The van der Waals surface area contributed by atoms with Crippen LogP contribution in [0.2, 0.25) is 0 Å². The SMILES string of the molecule is CC(Sc1nccn1C)C(=O)N1CCc2ccccc21. The Labute approximate surface area is 122 Å². The number of imidazole rings is 1. The number of thioether (sulfide) groups is 1. The Balaban J connectivity index is 1.75. The Bertz CT molecular complexity index is 638. The van der Waals surface area contributed by atoms with Gasteiger partial charge in [0.05, 0.1) is 5.25 Å². The molecule has 20 heavy (non-hydrogen) atoms. The van der Waals surface area contributed by atoms with E-state index >= 15 is 0 Å². The number of aromatic nitrogens is 2. The van der Waals surface area contributed by atoms with E-state index in [2.05, 4.69) is 11.1 Å². The number of nitrogens with zero attached hydrogens (tertiary/aromatic N) is 3. The van der Waals surface area contributed by atoms with Crippen LogP contribution in [0.3, 0.4) is 0 Å². The van der Waals surface area contributed by atoms with E-state index < -0.39 is 0 Å². The third-order valence-electron chi connectivity index (χ3n) is 3.56. The standard InChI is InChI=1S/C15H17N3OS/c1-11(20-15-16-8-10-17(15)2)14(19)18-9-7-12-5-3-4-6-13(12)18/h3-6,8,10-11H,7,9H2,1-2H3. The van der Waals surface area contributed by atoms with E-state index in [4.69, 9.17) is 0 Å². The van der Waals surface area contributed by atoms with Gasteiger partial charge in [-0.15, -0.1) is 0 Å². The second-order valence-electron chi connectivity index (χ2n) is 4.95. The van der Waals surface area contributed by atoms with E-state index in [-0.39, 0.29) is 11.2 Å². The second-order valence-corrected chi connectivity index (χ2v) is 6.26. The molecule has 0 bridgehead atoms. The smallest absolute Gasteiger partial charge is 0.240 e. The summed E-state index contributed by atoms with van der Waals surface area (Å²) in [6, 6.07) is 8.14. The van der Waals surface area contributed by atoms with Crippen molar-refractivity contribution < 1.29 is 4.79 Å². The van der Waals surface area contributed by atoms with Gasteiger partial charge in [0, 0.05) is 31.7 Å². The molecule has 0 spiro atoms. The predicted molar refractivity (Wildman–Crippen MR) is 81.0 cm³/mol. The molecular weight excluding hydrogens is 270 g/mol. The summed E-state index contributed by atoms with van der Waals surface area (Å²) in [4.78, 5) is 18.8. The van der Waals surface area contributed by atoms with Crippen molar-refractivity contribution in [2.75, 3.05) is 11.4 Å². The van der Waals surface area contributed by atoms with Crippen molar-refractivity contribution in [3.05, 3.63) is 42.2 Å². The fourth-order valence-electron chi connectivity index (χ4n) is 2.46. The summed E-state index contributed by atoms with van der Waals surface area (Å²) in [6.45, 7) is 2.73. The zero-order valence-electron chi connectivity index (χ0n) is 11.6. The summed E-state index contributed by atoms with van der Waals surface area (Å²) in [5.74, 6) is 0.156. The number of fused-ring (bicyclic) bond motifs is 1. The van der Waals surface area contributed by atoms with Crippen LogP contribution < -0.4 is 4.90 Å². The average Bonchev–Trinajstić information content (AvgIpc) is 3.05. The maximum atomic E-state index is 12.6. The number of amides is 1. The first kappa shape index (κ1) is 13.2. The fourth-order valence-corrected chi connectivity index (χ4v) is 3.35. The Morgan fingerprint density at radius 2 is 2.20 bits per heavy atom. The molecule has 4 nitrogen and oxygen atoms in total. The van der Waals surface area contributed by atoms with Gasteiger partial charge >= 0.3 is 0 Å². The zero-order chi connectivity index (χ0) is 14.1. The Morgan fingerprint density at radius 1 is 1.40 bits per heavy atom. The van der Waals surface area contributed by atoms with Crippen LogP contribution in [-0.2, 0) is 18.3 Å². The van der Waals surface area contributed by atoms with E-state index in [1.807, 2.05) is 47.8 Å². The first-order valence-corrected chi connectivity index (χ1v) is 7.58. The Kier molecular flexibility index (Phi) is 3.53. The van der Waals surface area contributed by atoms with Crippen LogP contribution in [0.4, 0.5) is 5.69 Å². The van der Waals surface area contributed by atoms with Gasteiger partial charge in [-0.25, -0.2) is 4.98 Å². The number of hydrogen-bond donors (Lipinski definition) is 0. The van der Waals surface area contributed by atoms with Crippen LogP contribution in [-0.4, -0.2) is 27.3 Å². The zero-order valence-corrected chi connectivity index (χ0v) is 12.4. The van der Waals surface area contributed by atoms with Crippen molar-refractivity contribution in [3.8, 4) is 0 Å². The summed E-state index contributed by atoms with van der Waals surface area (Å²) in [5.41, 5.74) is 2.32. The first-order valence-electron chi connectivity index (χ1n) is 6.70. The summed E-state index contributed by atoms with van der Waals surface area (Å²) < 4.78 is 1.94. The third-order valence-corrected chi connectivity index (χ3v) is 4.72. The van der Waals surface area contributed by atoms with Crippen LogP contribution in [0.15, 0.2) is 41.8 Å². The summed E-state index contributed by atoms with van der Waals surface area (Å²) in [6.07, 6.45) is 4.59. The molecule has 1 atom stereocenters. The van der Waals surface area contributed by atoms with Gasteiger partial charge in [-0.2, -0.15) is 0 Å². The first-order chi connectivity index (χ1) is 9.66. The molecule has 2 aromatic rings. The molecule has 1 amide bonds. The van der Waals surface area contributed by atoms with Crippen molar-refractivity contribution in [2.24, 2.45) is 7.05 Å². The molecule has 0 fully saturated rings. The second kappa shape index (κ2) is 5.32. The summed E-state index contributed by atoms with van der Waals surface area (Å²) in [5, 5.41) is 0.737. The van der Waals surface area contributed by atoms with Gasteiger partial charge in [-0.05, 0) is 25.0 Å². The topological polar surface area (TPSA) is 38.1 Å². The molecule has 0 radical (unpaired) electrons. The van der Waals surface area contributed by atoms with Crippen molar-refractivity contribution in [1.29, 1.82) is 0 Å². The molecule has 1 aliphatic rings. The lowest BCUT2D eigenvalue weighted by atomic mass is 10.2. The number of aryl methyl sites for hydroxylation is 1. The van der Waals surface area contributed by atoms with E-state index in [1.165, 1.54) is 17.3 Å². The highest BCUT2D eigenvalue weighted by molar-refractivity contribution is 8.00. The van der Waals surface area contributed by atoms with Crippen LogP contribution in [0.5, 0.6) is 0 Å². The van der Waals surface area contributed by atoms with Gasteiger partial charge in [-0.1, -0.05) is 30.0 Å². The maximum absolute atomic E-state index is 12.6. The lowest BCUT2D eigenvalue weighted by molar-refractivity contribution is -0.117. The lowest BCUT2D eigenvalue weighted by Crippen LogP contribution is -2.35. The molecule has 0 aliphatic carbocycles. The van der Waals surface area contributed by atoms with Crippen LogP contribution in [0.1, 0.15) is 12.5 Å². The number of para-hydroxylation sites is 1. The van der Waals surface area contributed by atoms with Crippen molar-refractivity contribution in [1.82, 2.24) is 9.55 Å². The lowest BCUT2D eigenvalue weighted by Gasteiger charge is -2.21. The molecule has 3 rings (SSSR count). The largest absolute Gasteiger partial charge is 0.329 e. The number of anilines is 1. The highest BCUT2D eigenvalue weighted by Gasteiger charge is 2.28. The highest BCUT2D eigenvalue weighted by atomic mass is 32.2. The average molecular weight is 287 g/mol. The molecule has 104 valence electrons. The highest BCUT2D eigenvalue weighted by Crippen LogP contribution is 2.30. The molecule has 1 aromatic heterocycles. The third kappa shape index (κ3) is 2.33. The van der Waals surface area contributed by atoms with Gasteiger partial charge in [0.15, 0.2) is 5.16 Å². The van der Waals surface area contributed by atoms with E-state index in [1.54, 1.807) is 6.20 Å². The summed E-state index contributed by atoms with van der Waals surface area (Å²) in [7, 11) is 1.94. The van der Waals surface area contributed by atoms with Gasteiger partial charge in [0.1, 0.15) is 0 Å². The monoisotopic (exact) mass is 287 g/mol. The molecule has 0 N–H and O–H groups in total. The molecule has 2 heterocycles. The number of benzene rings is 1. The van der Waals surface area contributed by atoms with Crippen LogP contribution in [0.25, 0.3) is 0 Å². The maximum Gasteiger partial charge on any atom is 0.240 e. The molecule has 5 heteroatoms. The molecular formula is C15H17N3OS.